The molecule has 2 fully saturated rings. The zero-order valence-corrected chi connectivity index (χ0v) is 12.1. The number of benzene rings is 1. The molecule has 3 rings (SSSR count). The zero-order chi connectivity index (χ0) is 14.3. The first-order chi connectivity index (χ1) is 9.50. The second kappa shape index (κ2) is 5.00. The lowest BCUT2D eigenvalue weighted by Crippen LogP contribution is -2.46. The minimum absolute atomic E-state index is 0.0109. The molecule has 1 heterocycles. The van der Waals surface area contributed by atoms with Gasteiger partial charge in [0, 0.05) is 12.6 Å². The molecule has 6 heteroatoms. The van der Waals surface area contributed by atoms with Gasteiger partial charge in [-0.1, -0.05) is 6.42 Å². The van der Waals surface area contributed by atoms with Crippen molar-refractivity contribution >= 4 is 15.7 Å². The van der Waals surface area contributed by atoms with Crippen LogP contribution >= 0.6 is 0 Å². The van der Waals surface area contributed by atoms with Crippen LogP contribution in [0.1, 0.15) is 32.1 Å². The summed E-state index contributed by atoms with van der Waals surface area (Å²) in [6, 6.07) is 3.84. The van der Waals surface area contributed by atoms with Crippen LogP contribution in [0.25, 0.3) is 0 Å². The Morgan fingerprint density at radius 2 is 1.95 bits per heavy atom. The van der Waals surface area contributed by atoms with Crippen LogP contribution in [0.15, 0.2) is 23.1 Å². The molecule has 0 bridgehead atoms. The summed E-state index contributed by atoms with van der Waals surface area (Å²) < 4.78 is 40.5. The van der Waals surface area contributed by atoms with Crippen LogP contribution in [0.5, 0.6) is 0 Å². The van der Waals surface area contributed by atoms with Crippen molar-refractivity contribution < 1.29 is 12.8 Å². The van der Waals surface area contributed by atoms with Gasteiger partial charge in [-0.2, -0.15) is 4.31 Å². The van der Waals surface area contributed by atoms with Gasteiger partial charge in [-0.3, -0.25) is 0 Å². The number of piperidine rings is 1. The Morgan fingerprint density at radius 1 is 1.20 bits per heavy atom. The maximum Gasteiger partial charge on any atom is 0.243 e. The molecule has 110 valence electrons. The van der Waals surface area contributed by atoms with Gasteiger partial charge in [0.05, 0.1) is 10.6 Å². The van der Waals surface area contributed by atoms with E-state index in [-0.39, 0.29) is 16.6 Å². The summed E-state index contributed by atoms with van der Waals surface area (Å²) in [6.45, 7) is 0.537. The summed E-state index contributed by atoms with van der Waals surface area (Å²) >= 11 is 0. The molecule has 0 radical (unpaired) electrons. The molecule has 1 aliphatic carbocycles. The van der Waals surface area contributed by atoms with Gasteiger partial charge in [-0.15, -0.1) is 0 Å². The fourth-order valence-corrected chi connectivity index (χ4v) is 5.28. The van der Waals surface area contributed by atoms with Crippen molar-refractivity contribution in [3.8, 4) is 0 Å². The van der Waals surface area contributed by atoms with E-state index in [2.05, 4.69) is 0 Å². The number of nitrogens with two attached hydrogens (primary N) is 1. The molecule has 1 aromatic carbocycles. The van der Waals surface area contributed by atoms with Crippen molar-refractivity contribution in [2.75, 3.05) is 12.3 Å². The summed E-state index contributed by atoms with van der Waals surface area (Å²) in [5, 5.41) is 0. The van der Waals surface area contributed by atoms with Gasteiger partial charge in [0.1, 0.15) is 5.82 Å². The van der Waals surface area contributed by atoms with Crippen LogP contribution < -0.4 is 5.73 Å². The molecule has 1 saturated carbocycles. The number of nitrogens with zero attached hydrogens (tertiary/aromatic N) is 1. The van der Waals surface area contributed by atoms with Crippen molar-refractivity contribution in [2.45, 2.75) is 43.0 Å². The first-order valence-electron chi connectivity index (χ1n) is 7.07. The fraction of sp³-hybridized carbons (Fsp3) is 0.571. The van der Waals surface area contributed by atoms with Crippen molar-refractivity contribution in [1.29, 1.82) is 0 Å². The van der Waals surface area contributed by atoms with E-state index < -0.39 is 15.8 Å². The smallest absolute Gasteiger partial charge is 0.243 e. The van der Waals surface area contributed by atoms with Gasteiger partial charge >= 0.3 is 0 Å². The molecular formula is C14H19FN2O2S. The summed E-state index contributed by atoms with van der Waals surface area (Å²) in [6.07, 6.45) is 5.09. The van der Waals surface area contributed by atoms with Crippen molar-refractivity contribution in [3.63, 3.8) is 0 Å². The summed E-state index contributed by atoms with van der Waals surface area (Å²) in [4.78, 5) is 0.0109. The Kier molecular flexibility index (Phi) is 3.46. The largest absolute Gasteiger partial charge is 0.396 e. The predicted octanol–water partition coefficient (Wildman–Crippen LogP) is 2.36. The van der Waals surface area contributed by atoms with E-state index in [0.717, 1.165) is 38.2 Å². The SMILES string of the molecule is Nc1ccc(S(=O)(=O)N2CCCC3CCCC32)cc1F. The highest BCUT2D eigenvalue weighted by molar-refractivity contribution is 7.89. The first-order valence-corrected chi connectivity index (χ1v) is 8.51. The summed E-state index contributed by atoms with van der Waals surface area (Å²) in [5.41, 5.74) is 5.39. The highest BCUT2D eigenvalue weighted by atomic mass is 32.2. The quantitative estimate of drug-likeness (QED) is 0.853. The number of halogens is 1. The van der Waals surface area contributed by atoms with Gasteiger partial charge < -0.3 is 5.73 Å². The topological polar surface area (TPSA) is 63.4 Å². The van der Waals surface area contributed by atoms with E-state index in [1.54, 1.807) is 4.31 Å². The monoisotopic (exact) mass is 298 g/mol. The lowest BCUT2D eigenvalue weighted by Gasteiger charge is -2.36. The number of hydrogen-bond donors (Lipinski definition) is 1. The van der Waals surface area contributed by atoms with Crippen molar-refractivity contribution in [3.05, 3.63) is 24.0 Å². The van der Waals surface area contributed by atoms with E-state index in [4.69, 9.17) is 5.73 Å². The molecule has 1 aliphatic heterocycles. The number of sulfonamides is 1. The second-order valence-electron chi connectivity index (χ2n) is 5.70. The third kappa shape index (κ3) is 2.20. The molecular weight excluding hydrogens is 279 g/mol. The number of nitrogen functional groups attached to an aromatic ring is 1. The van der Waals surface area contributed by atoms with E-state index in [0.29, 0.717) is 12.5 Å². The van der Waals surface area contributed by atoms with Gasteiger partial charge in [-0.25, -0.2) is 12.8 Å². The number of fused-ring (bicyclic) bond motifs is 1. The van der Waals surface area contributed by atoms with Crippen LogP contribution in [-0.2, 0) is 10.0 Å². The summed E-state index contributed by atoms with van der Waals surface area (Å²) in [7, 11) is -3.62. The Hall–Kier alpha value is -1.14. The van der Waals surface area contributed by atoms with Crippen LogP contribution in [0.4, 0.5) is 10.1 Å². The molecule has 4 nitrogen and oxygen atoms in total. The standard InChI is InChI=1S/C14H19FN2O2S/c15-12-9-11(6-7-13(12)16)20(18,19)17-8-2-4-10-3-1-5-14(10)17/h6-7,9-10,14H,1-5,8,16H2. The number of hydrogen-bond acceptors (Lipinski definition) is 3. The van der Waals surface area contributed by atoms with Crippen LogP contribution in [0.3, 0.4) is 0 Å². The van der Waals surface area contributed by atoms with Crippen molar-refractivity contribution in [1.82, 2.24) is 4.31 Å². The van der Waals surface area contributed by atoms with Crippen LogP contribution in [0, 0.1) is 11.7 Å². The van der Waals surface area contributed by atoms with Crippen LogP contribution in [0.2, 0.25) is 0 Å². The predicted molar refractivity (Wildman–Crippen MR) is 75.1 cm³/mol. The number of rotatable bonds is 2. The third-order valence-corrected chi connectivity index (χ3v) is 6.44. The highest BCUT2D eigenvalue weighted by Gasteiger charge is 2.41. The molecule has 0 aromatic heterocycles. The Labute approximate surface area is 118 Å². The van der Waals surface area contributed by atoms with Gasteiger partial charge in [0.25, 0.3) is 0 Å². The third-order valence-electron chi connectivity index (χ3n) is 4.52. The van der Waals surface area contributed by atoms with Gasteiger partial charge in [0.15, 0.2) is 0 Å². The average Bonchev–Trinajstić information content (AvgIpc) is 2.89. The van der Waals surface area contributed by atoms with E-state index >= 15 is 0 Å². The zero-order valence-electron chi connectivity index (χ0n) is 11.3. The normalized spacial score (nSPS) is 27.4. The number of anilines is 1. The maximum absolute atomic E-state index is 13.5. The molecule has 0 amide bonds. The molecule has 2 atom stereocenters. The lowest BCUT2D eigenvalue weighted by molar-refractivity contribution is 0.202. The molecule has 20 heavy (non-hydrogen) atoms. The molecule has 1 aromatic rings. The second-order valence-corrected chi connectivity index (χ2v) is 7.59. The molecule has 0 spiro atoms. The maximum atomic E-state index is 13.5. The molecule has 2 unspecified atom stereocenters. The van der Waals surface area contributed by atoms with Gasteiger partial charge in [0.2, 0.25) is 10.0 Å². The average molecular weight is 298 g/mol. The van der Waals surface area contributed by atoms with Crippen LogP contribution in [-0.4, -0.2) is 25.3 Å². The fourth-order valence-electron chi connectivity index (χ4n) is 3.51. The summed E-state index contributed by atoms with van der Waals surface area (Å²) in [5.74, 6) is -0.205. The van der Waals surface area contributed by atoms with E-state index in [9.17, 15) is 12.8 Å². The highest BCUT2D eigenvalue weighted by Crippen LogP contribution is 2.39. The Balaban J connectivity index is 1.96. The van der Waals surface area contributed by atoms with E-state index in [1.165, 1.54) is 12.1 Å². The van der Waals surface area contributed by atoms with E-state index in [1.807, 2.05) is 0 Å². The molecule has 2 N–H and O–H groups in total. The molecule has 1 saturated heterocycles. The minimum atomic E-state index is -3.62. The molecule has 2 aliphatic rings. The Bertz CT molecular complexity index is 618. The minimum Gasteiger partial charge on any atom is -0.396 e. The first kappa shape index (κ1) is 13.8. The Morgan fingerprint density at radius 3 is 2.70 bits per heavy atom. The van der Waals surface area contributed by atoms with Crippen molar-refractivity contribution in [2.24, 2.45) is 5.92 Å². The van der Waals surface area contributed by atoms with Gasteiger partial charge in [-0.05, 0) is 49.8 Å². The lowest BCUT2D eigenvalue weighted by atomic mass is 9.94.